The minimum atomic E-state index is -2.13. The van der Waals surface area contributed by atoms with Crippen molar-refractivity contribution in [3.05, 3.63) is 42.5 Å². The van der Waals surface area contributed by atoms with E-state index in [1.165, 1.54) is 0 Å². The van der Waals surface area contributed by atoms with Crippen LogP contribution in [0.1, 0.15) is 0 Å². The summed E-state index contributed by atoms with van der Waals surface area (Å²) in [7, 11) is 0. The first-order valence-electron chi connectivity index (χ1n) is 3.85. The molecular formula is C10H7LiO2S. The number of benzene rings is 2. The summed E-state index contributed by atoms with van der Waals surface area (Å²) < 4.78 is 21.3. The molecule has 0 N–H and O–H groups in total. The summed E-state index contributed by atoms with van der Waals surface area (Å²) in [5.74, 6) is 0. The van der Waals surface area contributed by atoms with Gasteiger partial charge in [0.2, 0.25) is 0 Å². The second kappa shape index (κ2) is 4.77. The second-order valence-corrected chi connectivity index (χ2v) is 3.68. The molecule has 1 unspecified atom stereocenters. The molecule has 66 valence electrons. The Bertz CT molecular complexity index is 470. The van der Waals surface area contributed by atoms with E-state index < -0.39 is 11.1 Å². The summed E-state index contributed by atoms with van der Waals surface area (Å²) in [6, 6.07) is 12.7. The van der Waals surface area contributed by atoms with Crippen molar-refractivity contribution in [2.45, 2.75) is 4.90 Å². The van der Waals surface area contributed by atoms with Crippen molar-refractivity contribution in [1.29, 1.82) is 0 Å². The maximum Gasteiger partial charge on any atom is 1.00 e. The molecule has 0 fully saturated rings. The van der Waals surface area contributed by atoms with Gasteiger partial charge in [0.1, 0.15) is 0 Å². The fourth-order valence-corrected chi connectivity index (χ4v) is 1.67. The monoisotopic (exact) mass is 198 g/mol. The molecule has 2 rings (SSSR count). The molecule has 0 aliphatic carbocycles. The number of fused-ring (bicyclic) bond motifs is 1. The first-order chi connectivity index (χ1) is 6.27. The number of rotatable bonds is 1. The van der Waals surface area contributed by atoms with Crippen molar-refractivity contribution in [1.82, 2.24) is 0 Å². The summed E-state index contributed by atoms with van der Waals surface area (Å²) in [4.78, 5) is 0.332. The van der Waals surface area contributed by atoms with Crippen molar-refractivity contribution in [2.75, 3.05) is 0 Å². The Hall–Kier alpha value is -0.593. The first-order valence-corrected chi connectivity index (χ1v) is 4.93. The summed E-state index contributed by atoms with van der Waals surface area (Å²) in [6.45, 7) is 0. The third-order valence-corrected chi connectivity index (χ3v) is 2.55. The average Bonchev–Trinajstić information content (AvgIpc) is 2.17. The minimum Gasteiger partial charge on any atom is -0.768 e. The van der Waals surface area contributed by atoms with Crippen molar-refractivity contribution in [2.24, 2.45) is 0 Å². The van der Waals surface area contributed by atoms with Crippen molar-refractivity contribution >= 4 is 21.9 Å². The van der Waals surface area contributed by atoms with Gasteiger partial charge in [0.15, 0.2) is 0 Å². The van der Waals surface area contributed by atoms with Gasteiger partial charge in [-0.1, -0.05) is 30.3 Å². The van der Waals surface area contributed by atoms with Crippen LogP contribution in [0, 0.1) is 0 Å². The summed E-state index contributed by atoms with van der Waals surface area (Å²) >= 11 is -2.13. The third kappa shape index (κ3) is 2.26. The molecule has 0 radical (unpaired) electrons. The molecule has 0 heterocycles. The number of hydrogen-bond donors (Lipinski definition) is 0. The van der Waals surface area contributed by atoms with Gasteiger partial charge in [0.25, 0.3) is 0 Å². The molecular weight excluding hydrogens is 191 g/mol. The van der Waals surface area contributed by atoms with Crippen LogP contribution in [-0.4, -0.2) is 8.76 Å². The van der Waals surface area contributed by atoms with E-state index in [2.05, 4.69) is 0 Å². The van der Waals surface area contributed by atoms with Gasteiger partial charge in [0, 0.05) is 4.90 Å². The van der Waals surface area contributed by atoms with Gasteiger partial charge in [-0.25, -0.2) is 0 Å². The fourth-order valence-electron chi connectivity index (χ4n) is 1.27. The van der Waals surface area contributed by atoms with Gasteiger partial charge >= 0.3 is 18.9 Å². The topological polar surface area (TPSA) is 40.1 Å². The third-order valence-electron chi connectivity index (χ3n) is 1.91. The van der Waals surface area contributed by atoms with Crippen molar-refractivity contribution in [3.63, 3.8) is 0 Å². The maximum atomic E-state index is 10.6. The van der Waals surface area contributed by atoms with Gasteiger partial charge in [-0.05, 0) is 34.0 Å². The van der Waals surface area contributed by atoms with Crippen LogP contribution in [0.25, 0.3) is 10.8 Å². The van der Waals surface area contributed by atoms with Gasteiger partial charge in [-0.2, -0.15) is 0 Å². The van der Waals surface area contributed by atoms with Crippen LogP contribution in [0.2, 0.25) is 0 Å². The molecule has 0 aromatic heterocycles. The van der Waals surface area contributed by atoms with Gasteiger partial charge in [0.05, 0.1) is 0 Å². The van der Waals surface area contributed by atoms with Crippen LogP contribution in [0.4, 0.5) is 0 Å². The van der Waals surface area contributed by atoms with Crippen LogP contribution >= 0.6 is 0 Å². The van der Waals surface area contributed by atoms with Crippen LogP contribution in [0.3, 0.4) is 0 Å². The zero-order valence-electron chi connectivity index (χ0n) is 7.77. The van der Waals surface area contributed by atoms with Crippen LogP contribution in [0.15, 0.2) is 47.4 Å². The fraction of sp³-hybridized carbons (Fsp3) is 0. The smallest absolute Gasteiger partial charge is 0.768 e. The Morgan fingerprint density at radius 2 is 1.64 bits per heavy atom. The van der Waals surface area contributed by atoms with Crippen LogP contribution in [0.5, 0.6) is 0 Å². The zero-order valence-corrected chi connectivity index (χ0v) is 8.58. The van der Waals surface area contributed by atoms with E-state index in [-0.39, 0.29) is 18.9 Å². The molecule has 2 aromatic carbocycles. The molecule has 0 amide bonds. The Kier molecular flexibility index (Phi) is 3.91. The molecule has 1 atom stereocenters. The minimum absolute atomic E-state index is 0. The summed E-state index contributed by atoms with van der Waals surface area (Å²) in [6.07, 6.45) is 0. The molecule has 0 saturated carbocycles. The van der Waals surface area contributed by atoms with E-state index in [1.54, 1.807) is 18.2 Å². The first kappa shape index (κ1) is 11.5. The van der Waals surface area contributed by atoms with E-state index in [9.17, 15) is 8.76 Å². The Balaban J connectivity index is 0.000000980. The molecule has 0 aliphatic heterocycles. The van der Waals surface area contributed by atoms with Gasteiger partial charge in [-0.15, -0.1) is 0 Å². The van der Waals surface area contributed by atoms with Gasteiger partial charge in [-0.3, -0.25) is 4.21 Å². The SMILES string of the molecule is O=S([O-])c1ccc2ccccc2c1.[Li+]. The predicted molar refractivity (Wildman–Crippen MR) is 51.1 cm³/mol. The largest absolute Gasteiger partial charge is 1.00 e. The predicted octanol–water partition coefficient (Wildman–Crippen LogP) is -0.918. The van der Waals surface area contributed by atoms with Crippen LogP contribution in [-0.2, 0) is 11.1 Å². The summed E-state index contributed by atoms with van der Waals surface area (Å²) in [5, 5.41) is 2.00. The van der Waals surface area contributed by atoms with E-state index in [0.29, 0.717) is 4.90 Å². The molecule has 2 aromatic rings. The van der Waals surface area contributed by atoms with E-state index >= 15 is 0 Å². The maximum absolute atomic E-state index is 10.6. The standard InChI is InChI=1S/C10H8O2S.Li/c11-13(12)10-6-5-8-3-1-2-4-9(8)7-10;/h1-7H,(H,11,12);/q;+1/p-1. The van der Waals surface area contributed by atoms with E-state index in [4.69, 9.17) is 0 Å². The van der Waals surface area contributed by atoms with E-state index in [1.807, 2.05) is 24.3 Å². The average molecular weight is 198 g/mol. The van der Waals surface area contributed by atoms with Crippen LogP contribution < -0.4 is 18.9 Å². The zero-order chi connectivity index (χ0) is 9.26. The molecule has 14 heavy (non-hydrogen) atoms. The normalized spacial score (nSPS) is 12.1. The summed E-state index contributed by atoms with van der Waals surface area (Å²) in [5.41, 5.74) is 0. The molecule has 0 aliphatic rings. The second-order valence-electron chi connectivity index (χ2n) is 2.74. The van der Waals surface area contributed by atoms with Crippen molar-refractivity contribution < 1.29 is 27.6 Å². The van der Waals surface area contributed by atoms with Gasteiger partial charge < -0.3 is 4.55 Å². The molecule has 0 spiro atoms. The quantitative estimate of drug-likeness (QED) is 0.439. The molecule has 0 saturated heterocycles. The molecule has 0 bridgehead atoms. The Morgan fingerprint density at radius 3 is 2.29 bits per heavy atom. The molecule has 4 heteroatoms. The van der Waals surface area contributed by atoms with E-state index in [0.717, 1.165) is 10.8 Å². The van der Waals surface area contributed by atoms with Crippen molar-refractivity contribution in [3.8, 4) is 0 Å². The Labute approximate surface area is 96.8 Å². The Morgan fingerprint density at radius 1 is 1.00 bits per heavy atom. The molecule has 2 nitrogen and oxygen atoms in total. The number of hydrogen-bond acceptors (Lipinski definition) is 2.